The first-order valence-electron chi connectivity index (χ1n) is 5.90. The predicted molar refractivity (Wildman–Crippen MR) is 71.5 cm³/mol. The van der Waals surface area contributed by atoms with Crippen LogP contribution in [0.25, 0.3) is 10.9 Å². The fourth-order valence-electron chi connectivity index (χ4n) is 2.06. The van der Waals surface area contributed by atoms with E-state index >= 15 is 0 Å². The van der Waals surface area contributed by atoms with E-state index in [1.54, 1.807) is 24.3 Å². The highest BCUT2D eigenvalue weighted by atomic mass is 19.3. The minimum Gasteiger partial charge on any atom is -0.397 e. The minimum atomic E-state index is -2.48. The van der Waals surface area contributed by atoms with Crippen LogP contribution >= 0.6 is 0 Å². The van der Waals surface area contributed by atoms with Gasteiger partial charge in [-0.15, -0.1) is 0 Å². The van der Waals surface area contributed by atoms with Gasteiger partial charge < -0.3 is 15.7 Å². The van der Waals surface area contributed by atoms with Gasteiger partial charge in [0.2, 0.25) is 0 Å². The molecule has 1 aromatic carbocycles. The van der Waals surface area contributed by atoms with Crippen molar-refractivity contribution in [2.24, 2.45) is 0 Å². The third kappa shape index (κ3) is 2.90. The van der Waals surface area contributed by atoms with Gasteiger partial charge in [0.25, 0.3) is 6.43 Å². The molecule has 0 bridgehead atoms. The molecule has 1 heterocycles. The van der Waals surface area contributed by atoms with Crippen LogP contribution in [-0.2, 0) is 0 Å². The highest BCUT2D eigenvalue weighted by Gasteiger charge is 2.15. The van der Waals surface area contributed by atoms with Crippen LogP contribution < -0.4 is 10.6 Å². The van der Waals surface area contributed by atoms with Crippen LogP contribution in [0.1, 0.15) is 0 Å². The van der Waals surface area contributed by atoms with E-state index in [2.05, 4.69) is 4.98 Å². The summed E-state index contributed by atoms with van der Waals surface area (Å²) < 4.78 is 25.2. The highest BCUT2D eigenvalue weighted by molar-refractivity contribution is 5.98. The summed E-state index contributed by atoms with van der Waals surface area (Å²) in [5, 5.41) is 9.72. The molecule has 0 spiro atoms. The first kappa shape index (κ1) is 13.5. The van der Waals surface area contributed by atoms with Crippen LogP contribution in [0.2, 0.25) is 0 Å². The standard InChI is InChI=1S/C13H15F2N3O/c14-12(15)8-18(6-7-19)11-4-5-17-13-9(11)2-1-3-10(13)16/h1-5,12,19H,6-8,16H2. The Hall–Kier alpha value is -1.95. The number of anilines is 2. The van der Waals surface area contributed by atoms with E-state index in [0.29, 0.717) is 22.3 Å². The second kappa shape index (κ2) is 5.79. The molecule has 0 aliphatic heterocycles. The summed E-state index contributed by atoms with van der Waals surface area (Å²) in [5.41, 5.74) is 7.51. The predicted octanol–water partition coefficient (Wildman–Crippen LogP) is 1.88. The largest absolute Gasteiger partial charge is 0.397 e. The molecular weight excluding hydrogens is 252 g/mol. The zero-order valence-corrected chi connectivity index (χ0v) is 10.3. The van der Waals surface area contributed by atoms with Gasteiger partial charge in [-0.2, -0.15) is 0 Å². The molecule has 0 aliphatic rings. The minimum absolute atomic E-state index is 0.137. The maximum absolute atomic E-state index is 12.6. The number of aliphatic hydroxyl groups excluding tert-OH is 1. The van der Waals surface area contributed by atoms with Crippen LogP contribution in [0.15, 0.2) is 30.5 Å². The van der Waals surface area contributed by atoms with E-state index in [0.717, 1.165) is 0 Å². The molecular formula is C13H15F2N3O. The second-order valence-electron chi connectivity index (χ2n) is 4.13. The molecule has 3 N–H and O–H groups in total. The van der Waals surface area contributed by atoms with Crippen molar-refractivity contribution in [2.75, 3.05) is 30.3 Å². The third-order valence-electron chi connectivity index (χ3n) is 2.85. The summed E-state index contributed by atoms with van der Waals surface area (Å²) in [5.74, 6) is 0. The number of rotatable bonds is 5. The molecule has 0 aliphatic carbocycles. The smallest absolute Gasteiger partial charge is 0.255 e. The van der Waals surface area contributed by atoms with Crippen molar-refractivity contribution in [3.8, 4) is 0 Å². The number of alkyl halides is 2. The second-order valence-corrected chi connectivity index (χ2v) is 4.13. The zero-order valence-electron chi connectivity index (χ0n) is 10.3. The van der Waals surface area contributed by atoms with E-state index in [-0.39, 0.29) is 13.2 Å². The molecule has 6 heteroatoms. The van der Waals surface area contributed by atoms with Gasteiger partial charge in [0.05, 0.1) is 24.4 Å². The third-order valence-corrected chi connectivity index (χ3v) is 2.85. The van der Waals surface area contributed by atoms with Gasteiger partial charge in [-0.25, -0.2) is 8.78 Å². The van der Waals surface area contributed by atoms with Gasteiger partial charge in [-0.3, -0.25) is 4.98 Å². The molecule has 0 saturated carbocycles. The summed E-state index contributed by atoms with van der Waals surface area (Å²) in [6, 6.07) is 6.90. The Balaban J connectivity index is 2.50. The lowest BCUT2D eigenvalue weighted by atomic mass is 10.1. The molecule has 0 saturated heterocycles. The Morgan fingerprint density at radius 2 is 2.11 bits per heavy atom. The monoisotopic (exact) mass is 267 g/mol. The van der Waals surface area contributed by atoms with Crippen molar-refractivity contribution < 1.29 is 13.9 Å². The topological polar surface area (TPSA) is 62.4 Å². The maximum Gasteiger partial charge on any atom is 0.255 e. The van der Waals surface area contributed by atoms with Gasteiger partial charge in [0.1, 0.15) is 0 Å². The molecule has 19 heavy (non-hydrogen) atoms. The summed E-state index contributed by atoms with van der Waals surface area (Å²) in [4.78, 5) is 5.60. The number of hydrogen-bond donors (Lipinski definition) is 2. The lowest BCUT2D eigenvalue weighted by Gasteiger charge is -2.24. The number of benzene rings is 1. The molecule has 2 rings (SSSR count). The Morgan fingerprint density at radius 3 is 2.79 bits per heavy atom. The van der Waals surface area contributed by atoms with E-state index in [4.69, 9.17) is 10.8 Å². The molecule has 0 unspecified atom stereocenters. The Kier molecular flexibility index (Phi) is 4.11. The van der Waals surface area contributed by atoms with Gasteiger partial charge >= 0.3 is 0 Å². The number of nitrogens with two attached hydrogens (primary N) is 1. The van der Waals surface area contributed by atoms with E-state index in [1.165, 1.54) is 11.1 Å². The molecule has 2 aromatic rings. The number of aliphatic hydroxyl groups is 1. The number of fused-ring (bicyclic) bond motifs is 1. The van der Waals surface area contributed by atoms with Crippen LogP contribution in [0.3, 0.4) is 0 Å². The molecule has 0 atom stereocenters. The molecule has 0 amide bonds. The Morgan fingerprint density at radius 1 is 1.32 bits per heavy atom. The summed E-state index contributed by atoms with van der Waals surface area (Å²) in [7, 11) is 0. The molecule has 102 valence electrons. The van der Waals surface area contributed by atoms with Crippen LogP contribution in [0.4, 0.5) is 20.2 Å². The van der Waals surface area contributed by atoms with E-state index in [9.17, 15) is 8.78 Å². The number of para-hydroxylation sites is 1. The summed E-state index contributed by atoms with van der Waals surface area (Å²) in [6.45, 7) is -0.494. The fourth-order valence-corrected chi connectivity index (χ4v) is 2.06. The van der Waals surface area contributed by atoms with E-state index in [1.807, 2.05) is 0 Å². The number of aromatic nitrogens is 1. The first-order chi connectivity index (χ1) is 9.13. The van der Waals surface area contributed by atoms with Crippen LogP contribution in [0.5, 0.6) is 0 Å². The van der Waals surface area contributed by atoms with Crippen molar-refractivity contribution in [3.63, 3.8) is 0 Å². The number of nitrogens with zero attached hydrogens (tertiary/aromatic N) is 2. The van der Waals surface area contributed by atoms with Crippen molar-refractivity contribution >= 4 is 22.3 Å². The first-order valence-corrected chi connectivity index (χ1v) is 5.90. The summed E-state index contributed by atoms with van der Waals surface area (Å²) in [6.07, 6.45) is -0.944. The van der Waals surface area contributed by atoms with Crippen LogP contribution in [0, 0.1) is 0 Å². The van der Waals surface area contributed by atoms with Crippen molar-refractivity contribution in [3.05, 3.63) is 30.5 Å². The van der Waals surface area contributed by atoms with E-state index < -0.39 is 13.0 Å². The fraction of sp³-hybridized carbons (Fsp3) is 0.308. The van der Waals surface area contributed by atoms with Crippen molar-refractivity contribution in [1.82, 2.24) is 4.98 Å². The number of pyridine rings is 1. The molecule has 4 nitrogen and oxygen atoms in total. The lowest BCUT2D eigenvalue weighted by molar-refractivity contribution is 0.153. The molecule has 0 radical (unpaired) electrons. The summed E-state index contributed by atoms with van der Waals surface area (Å²) >= 11 is 0. The highest BCUT2D eigenvalue weighted by Crippen LogP contribution is 2.28. The zero-order chi connectivity index (χ0) is 13.8. The van der Waals surface area contributed by atoms with Gasteiger partial charge in [-0.05, 0) is 12.1 Å². The average molecular weight is 267 g/mol. The van der Waals surface area contributed by atoms with Crippen LogP contribution in [-0.4, -0.2) is 36.2 Å². The van der Waals surface area contributed by atoms with Crippen molar-refractivity contribution in [2.45, 2.75) is 6.43 Å². The molecule has 1 aromatic heterocycles. The molecule has 0 fully saturated rings. The van der Waals surface area contributed by atoms with Gasteiger partial charge in [-0.1, -0.05) is 12.1 Å². The quantitative estimate of drug-likeness (QED) is 0.812. The SMILES string of the molecule is Nc1cccc2c(N(CCO)CC(F)F)ccnc12. The maximum atomic E-state index is 12.6. The number of hydrogen-bond acceptors (Lipinski definition) is 4. The normalized spacial score (nSPS) is 11.2. The number of halogens is 2. The van der Waals surface area contributed by atoms with Gasteiger partial charge in [0.15, 0.2) is 0 Å². The Bertz CT molecular complexity index is 563. The Labute approximate surface area is 109 Å². The number of nitrogen functional groups attached to an aromatic ring is 1. The van der Waals surface area contributed by atoms with Crippen molar-refractivity contribution in [1.29, 1.82) is 0 Å². The lowest BCUT2D eigenvalue weighted by Crippen LogP contribution is -2.31. The van der Waals surface area contributed by atoms with Gasteiger partial charge in [0, 0.05) is 23.8 Å². The average Bonchev–Trinajstić information content (AvgIpc) is 2.38.